The first-order valence-corrected chi connectivity index (χ1v) is 13.5. The molecule has 2 aliphatic rings. The van der Waals surface area contributed by atoms with E-state index in [4.69, 9.17) is 0 Å². The fourth-order valence-corrected chi connectivity index (χ4v) is 6.32. The van der Waals surface area contributed by atoms with Crippen LogP contribution in [0.25, 0.3) is 0 Å². The topological polar surface area (TPSA) is 17.1 Å². The van der Waals surface area contributed by atoms with Crippen LogP contribution >= 0.6 is 0 Å². The minimum absolute atomic E-state index is 0.306. The molecule has 0 N–H and O–H groups in total. The van der Waals surface area contributed by atoms with Gasteiger partial charge in [-0.25, -0.2) is 0 Å². The number of rotatable bonds is 7. The number of allylic oxidation sites excluding steroid dienone is 2. The van der Waals surface area contributed by atoms with E-state index in [1.807, 2.05) is 0 Å². The number of ketones is 1. The van der Waals surface area contributed by atoms with Crippen LogP contribution in [0.5, 0.6) is 0 Å². The molecule has 2 aromatic carbocycles. The van der Waals surface area contributed by atoms with E-state index in [1.54, 1.807) is 0 Å². The lowest BCUT2D eigenvalue weighted by Gasteiger charge is -2.27. The van der Waals surface area contributed by atoms with Crippen LogP contribution in [-0.2, 0) is 4.79 Å². The fraction of sp³-hybridized carbons (Fsp3) is 0.531. The van der Waals surface area contributed by atoms with Crippen molar-refractivity contribution in [2.75, 3.05) is 0 Å². The lowest BCUT2D eigenvalue weighted by molar-refractivity contribution is -0.122. The molecule has 0 bridgehead atoms. The Labute approximate surface area is 201 Å². The summed E-state index contributed by atoms with van der Waals surface area (Å²) in [4.78, 5) is 13.3. The number of carbonyl (C=O) groups excluding carboxylic acids is 1. The van der Waals surface area contributed by atoms with Crippen molar-refractivity contribution in [3.63, 3.8) is 0 Å². The van der Waals surface area contributed by atoms with Gasteiger partial charge in [-0.15, -0.1) is 0 Å². The first-order chi connectivity index (χ1) is 16.2. The van der Waals surface area contributed by atoms with Gasteiger partial charge >= 0.3 is 0 Å². The second-order valence-corrected chi connectivity index (χ2v) is 10.5. The van der Waals surface area contributed by atoms with E-state index in [9.17, 15) is 4.79 Å². The van der Waals surface area contributed by atoms with Crippen molar-refractivity contribution in [3.8, 4) is 0 Å². The maximum Gasteiger partial charge on any atom is 0.139 e. The van der Waals surface area contributed by atoms with Crippen LogP contribution in [0.3, 0.4) is 0 Å². The fourth-order valence-electron chi connectivity index (χ4n) is 6.32. The van der Waals surface area contributed by atoms with Gasteiger partial charge in [-0.1, -0.05) is 105 Å². The third kappa shape index (κ3) is 6.69. The van der Waals surface area contributed by atoms with Gasteiger partial charge in [0.25, 0.3) is 0 Å². The molecule has 0 saturated heterocycles. The van der Waals surface area contributed by atoms with E-state index >= 15 is 0 Å². The van der Waals surface area contributed by atoms with Crippen LogP contribution in [0.2, 0.25) is 0 Å². The van der Waals surface area contributed by atoms with Crippen molar-refractivity contribution in [1.82, 2.24) is 0 Å². The van der Waals surface area contributed by atoms with E-state index in [0.29, 0.717) is 30.0 Å². The van der Waals surface area contributed by atoms with Crippen LogP contribution in [0.1, 0.15) is 101 Å². The van der Waals surface area contributed by atoms with Crippen molar-refractivity contribution < 1.29 is 4.79 Å². The van der Waals surface area contributed by atoms with Gasteiger partial charge in [-0.2, -0.15) is 0 Å². The first kappa shape index (κ1) is 24.0. The summed E-state index contributed by atoms with van der Waals surface area (Å²) in [5.41, 5.74) is 4.26. The molecular formula is C32H42O. The van der Waals surface area contributed by atoms with Gasteiger partial charge in [0.2, 0.25) is 0 Å². The number of Topliss-reactive ketones (excluding diaryl/α,β-unsaturated/α-hetero) is 1. The Morgan fingerprint density at radius 2 is 1.48 bits per heavy atom. The molecule has 1 fully saturated rings. The lowest BCUT2D eigenvalue weighted by Crippen LogP contribution is -2.19. The smallest absolute Gasteiger partial charge is 0.139 e. The summed E-state index contributed by atoms with van der Waals surface area (Å²) < 4.78 is 0. The molecule has 4 rings (SSSR count). The van der Waals surface area contributed by atoms with Gasteiger partial charge in [0, 0.05) is 18.3 Å². The van der Waals surface area contributed by atoms with E-state index < -0.39 is 0 Å². The van der Waals surface area contributed by atoms with Crippen LogP contribution in [-0.4, -0.2) is 5.78 Å². The van der Waals surface area contributed by atoms with Gasteiger partial charge in [0.15, 0.2) is 0 Å². The molecular weight excluding hydrogens is 400 g/mol. The van der Waals surface area contributed by atoms with Gasteiger partial charge in [-0.05, 0) is 67.9 Å². The van der Waals surface area contributed by atoms with Crippen molar-refractivity contribution in [3.05, 3.63) is 83.4 Å². The molecule has 1 saturated carbocycles. The van der Waals surface area contributed by atoms with E-state index in [2.05, 4.69) is 73.7 Å². The first-order valence-electron chi connectivity index (χ1n) is 13.5. The zero-order valence-corrected chi connectivity index (χ0v) is 20.6. The Hall–Kier alpha value is -2.15. The number of carbonyl (C=O) groups is 1. The van der Waals surface area contributed by atoms with Crippen LogP contribution in [0.4, 0.5) is 0 Å². The third-order valence-electron chi connectivity index (χ3n) is 8.37. The molecule has 3 atom stereocenters. The minimum Gasteiger partial charge on any atom is -0.299 e. The van der Waals surface area contributed by atoms with Gasteiger partial charge in [0.05, 0.1) is 0 Å². The Morgan fingerprint density at radius 3 is 2.15 bits per heavy atom. The summed E-state index contributed by atoms with van der Waals surface area (Å²) in [7, 11) is 0. The second kappa shape index (κ2) is 12.4. The summed E-state index contributed by atoms with van der Waals surface area (Å²) in [6.45, 7) is 2.31. The van der Waals surface area contributed by atoms with Gasteiger partial charge in [-0.3, -0.25) is 4.79 Å². The highest BCUT2D eigenvalue weighted by Gasteiger charge is 2.27. The molecule has 2 unspecified atom stereocenters. The zero-order valence-electron chi connectivity index (χ0n) is 20.6. The van der Waals surface area contributed by atoms with Crippen molar-refractivity contribution in [1.29, 1.82) is 0 Å². The molecule has 0 spiro atoms. The summed E-state index contributed by atoms with van der Waals surface area (Å²) in [5.74, 6) is 2.73. The van der Waals surface area contributed by atoms with Gasteiger partial charge in [0.1, 0.15) is 5.78 Å². The minimum atomic E-state index is 0.306. The molecule has 1 nitrogen and oxygen atoms in total. The number of hydrogen-bond acceptors (Lipinski definition) is 1. The van der Waals surface area contributed by atoms with E-state index in [-0.39, 0.29) is 0 Å². The highest BCUT2D eigenvalue weighted by atomic mass is 16.1. The molecule has 0 radical (unpaired) electrons. The molecule has 176 valence electrons. The number of hydrogen-bond donors (Lipinski definition) is 0. The number of benzene rings is 2. The molecule has 2 aromatic rings. The van der Waals surface area contributed by atoms with Crippen LogP contribution in [0, 0.1) is 17.8 Å². The Morgan fingerprint density at radius 1 is 0.818 bits per heavy atom. The average Bonchev–Trinajstić information content (AvgIpc) is 3.06. The summed E-state index contributed by atoms with van der Waals surface area (Å²) in [6, 6.07) is 22.1. The zero-order chi connectivity index (χ0) is 22.9. The Balaban J connectivity index is 1.39. The molecule has 1 heteroatoms. The van der Waals surface area contributed by atoms with Crippen LogP contribution in [0.15, 0.2) is 72.3 Å². The SMILES string of the molecule is CCC1CCCC[C@@H](C(=O)CC2=CCCC(C(c3ccccc3)c3ccccc3)CC2)CC1. The third-order valence-corrected chi connectivity index (χ3v) is 8.37. The molecule has 0 aliphatic heterocycles. The predicted octanol–water partition coefficient (Wildman–Crippen LogP) is 8.89. The maximum atomic E-state index is 13.3. The van der Waals surface area contributed by atoms with Crippen molar-refractivity contribution >= 4 is 5.78 Å². The standard InChI is InChI=1S/C32H42O/c1-2-25-12-9-10-14-27(22-20-25)31(33)24-26-13-11-19-30(23-21-26)32(28-15-5-3-6-16-28)29-17-7-4-8-18-29/h3-8,13,15-18,25,27,30,32H,2,9-12,14,19-24H2,1H3/t25?,27-,30?/m1/s1. The molecule has 2 aliphatic carbocycles. The van der Waals surface area contributed by atoms with Crippen molar-refractivity contribution in [2.24, 2.45) is 17.8 Å². The summed E-state index contributed by atoms with van der Waals surface area (Å²) in [6.07, 6.45) is 16.4. The maximum absolute atomic E-state index is 13.3. The summed E-state index contributed by atoms with van der Waals surface area (Å²) >= 11 is 0. The Kier molecular flexibility index (Phi) is 8.98. The quantitative estimate of drug-likeness (QED) is 0.391. The average molecular weight is 443 g/mol. The highest BCUT2D eigenvalue weighted by Crippen LogP contribution is 2.40. The molecule has 33 heavy (non-hydrogen) atoms. The van der Waals surface area contributed by atoms with E-state index in [1.165, 1.54) is 61.6 Å². The monoisotopic (exact) mass is 442 g/mol. The molecule has 0 amide bonds. The molecule has 0 heterocycles. The van der Waals surface area contributed by atoms with Crippen LogP contribution < -0.4 is 0 Å². The largest absolute Gasteiger partial charge is 0.299 e. The molecule has 0 aromatic heterocycles. The second-order valence-electron chi connectivity index (χ2n) is 10.5. The van der Waals surface area contributed by atoms with E-state index in [0.717, 1.165) is 31.6 Å². The predicted molar refractivity (Wildman–Crippen MR) is 139 cm³/mol. The van der Waals surface area contributed by atoms with Gasteiger partial charge < -0.3 is 0 Å². The lowest BCUT2D eigenvalue weighted by atomic mass is 9.76. The Bertz CT molecular complexity index is 842. The highest BCUT2D eigenvalue weighted by molar-refractivity contribution is 5.83. The van der Waals surface area contributed by atoms with Crippen molar-refractivity contribution in [2.45, 2.75) is 89.9 Å². The normalized spacial score (nSPS) is 24.4. The summed E-state index contributed by atoms with van der Waals surface area (Å²) in [5, 5.41) is 0.